The number of hydrogen-bond donors (Lipinski definition) is 0. The standard InChI is InChI=1S/C11H20N2O/c1-12(2)8-10-4-3-9-7-13(10)6-5-11(9)14/h9-10H,3-8H2,1-2H3/t9-,10+/m0/s1. The monoisotopic (exact) mass is 196 g/mol. The number of fused-ring (bicyclic) bond motifs is 2. The summed E-state index contributed by atoms with van der Waals surface area (Å²) in [5.74, 6) is 0.867. The zero-order chi connectivity index (χ0) is 10.1. The molecule has 2 bridgehead atoms. The summed E-state index contributed by atoms with van der Waals surface area (Å²) in [5.41, 5.74) is 0. The van der Waals surface area contributed by atoms with Crippen LogP contribution in [0.3, 0.4) is 0 Å². The van der Waals surface area contributed by atoms with E-state index >= 15 is 0 Å². The molecule has 2 saturated heterocycles. The Balaban J connectivity index is 1.95. The lowest BCUT2D eigenvalue weighted by Gasteiger charge is -2.43. The zero-order valence-corrected chi connectivity index (χ0v) is 9.20. The van der Waals surface area contributed by atoms with Gasteiger partial charge in [-0.25, -0.2) is 0 Å². The fourth-order valence-electron chi connectivity index (χ4n) is 2.72. The second-order valence-electron chi connectivity index (χ2n) is 4.90. The SMILES string of the molecule is CN(C)C[C@H]1CC[C@H]2CN1CCC2=O. The highest BCUT2D eigenvalue weighted by Gasteiger charge is 2.35. The van der Waals surface area contributed by atoms with Crippen molar-refractivity contribution in [2.45, 2.75) is 25.3 Å². The average Bonchev–Trinajstić information content (AvgIpc) is 2.14. The maximum Gasteiger partial charge on any atom is 0.138 e. The lowest BCUT2D eigenvalue weighted by molar-refractivity contribution is -0.129. The summed E-state index contributed by atoms with van der Waals surface area (Å²) in [4.78, 5) is 16.3. The number of hydrogen-bond acceptors (Lipinski definition) is 3. The summed E-state index contributed by atoms with van der Waals surface area (Å²) in [6, 6.07) is 0.689. The van der Waals surface area contributed by atoms with E-state index in [4.69, 9.17) is 0 Å². The average molecular weight is 196 g/mol. The van der Waals surface area contributed by atoms with Gasteiger partial charge in [-0.15, -0.1) is 0 Å². The van der Waals surface area contributed by atoms with E-state index in [1.165, 1.54) is 6.42 Å². The molecular formula is C11H20N2O. The first-order chi connectivity index (χ1) is 6.66. The molecule has 0 aliphatic carbocycles. The van der Waals surface area contributed by atoms with Gasteiger partial charge in [0.05, 0.1) is 0 Å². The van der Waals surface area contributed by atoms with Crippen molar-refractivity contribution in [1.29, 1.82) is 0 Å². The predicted octanol–water partition coefficient (Wildman–Crippen LogP) is 0.601. The van der Waals surface area contributed by atoms with E-state index in [0.29, 0.717) is 17.7 Å². The largest absolute Gasteiger partial charge is 0.308 e. The lowest BCUT2D eigenvalue weighted by atomic mass is 9.84. The maximum absolute atomic E-state index is 11.5. The Hall–Kier alpha value is -0.410. The Labute approximate surface area is 86.1 Å². The van der Waals surface area contributed by atoms with Crippen LogP contribution in [0.4, 0.5) is 0 Å². The molecule has 3 atom stereocenters. The Bertz CT molecular complexity index is 227. The van der Waals surface area contributed by atoms with Gasteiger partial charge in [0.1, 0.15) is 5.78 Å². The number of Topliss-reactive ketones (excluding diaryl/α,β-unsaturated/α-hetero) is 1. The first kappa shape index (κ1) is 10.1. The summed E-state index contributed by atoms with van der Waals surface area (Å²) < 4.78 is 0. The first-order valence-electron chi connectivity index (χ1n) is 5.58. The van der Waals surface area contributed by atoms with Gasteiger partial charge in [0, 0.05) is 38.0 Å². The molecule has 80 valence electrons. The van der Waals surface area contributed by atoms with E-state index in [2.05, 4.69) is 23.9 Å². The van der Waals surface area contributed by atoms with Crippen LogP contribution in [-0.4, -0.2) is 55.4 Å². The lowest BCUT2D eigenvalue weighted by Crippen LogP contribution is -2.53. The number of carbonyl (C=O) groups is 1. The highest BCUT2D eigenvalue weighted by Crippen LogP contribution is 2.27. The van der Waals surface area contributed by atoms with Crippen LogP contribution in [0.2, 0.25) is 0 Å². The number of carbonyl (C=O) groups excluding carboxylic acids is 1. The van der Waals surface area contributed by atoms with Crippen molar-refractivity contribution in [2.75, 3.05) is 33.7 Å². The molecule has 0 amide bonds. The van der Waals surface area contributed by atoms with Gasteiger partial charge in [0.15, 0.2) is 0 Å². The van der Waals surface area contributed by atoms with E-state index in [1.807, 2.05) is 0 Å². The number of rotatable bonds is 2. The Morgan fingerprint density at radius 3 is 2.93 bits per heavy atom. The van der Waals surface area contributed by atoms with Crippen LogP contribution in [0.15, 0.2) is 0 Å². The third-order valence-corrected chi connectivity index (χ3v) is 3.50. The quantitative estimate of drug-likeness (QED) is 0.646. The van der Waals surface area contributed by atoms with E-state index in [0.717, 1.165) is 32.5 Å². The van der Waals surface area contributed by atoms with Gasteiger partial charge in [-0.3, -0.25) is 9.69 Å². The van der Waals surface area contributed by atoms with Gasteiger partial charge in [-0.2, -0.15) is 0 Å². The van der Waals surface area contributed by atoms with Crippen molar-refractivity contribution in [3.63, 3.8) is 0 Å². The van der Waals surface area contributed by atoms with Crippen LogP contribution in [0.1, 0.15) is 19.3 Å². The van der Waals surface area contributed by atoms with Gasteiger partial charge in [0.25, 0.3) is 0 Å². The molecule has 2 rings (SSSR count). The minimum atomic E-state index is 0.363. The van der Waals surface area contributed by atoms with E-state index in [-0.39, 0.29) is 0 Å². The van der Waals surface area contributed by atoms with E-state index in [1.54, 1.807) is 0 Å². The third kappa shape index (κ3) is 1.98. The molecule has 3 nitrogen and oxygen atoms in total. The highest BCUT2D eigenvalue weighted by molar-refractivity contribution is 5.82. The van der Waals surface area contributed by atoms with Crippen molar-refractivity contribution in [3.05, 3.63) is 0 Å². The predicted molar refractivity (Wildman–Crippen MR) is 56.3 cm³/mol. The molecule has 3 heteroatoms. The summed E-state index contributed by atoms with van der Waals surface area (Å²) in [6.07, 6.45) is 3.11. The van der Waals surface area contributed by atoms with Gasteiger partial charge < -0.3 is 4.90 Å². The zero-order valence-electron chi connectivity index (χ0n) is 9.20. The van der Waals surface area contributed by atoms with Gasteiger partial charge in [-0.05, 0) is 26.9 Å². The molecule has 0 radical (unpaired) electrons. The molecule has 0 aromatic carbocycles. The van der Waals surface area contributed by atoms with E-state index < -0.39 is 0 Å². The molecular weight excluding hydrogens is 176 g/mol. The molecule has 2 aliphatic heterocycles. The van der Waals surface area contributed by atoms with Crippen LogP contribution in [-0.2, 0) is 4.79 Å². The topological polar surface area (TPSA) is 23.6 Å². The third-order valence-electron chi connectivity index (χ3n) is 3.50. The molecule has 0 spiro atoms. The highest BCUT2D eigenvalue weighted by atomic mass is 16.1. The number of nitrogens with zero attached hydrogens (tertiary/aromatic N) is 2. The molecule has 1 unspecified atom stereocenters. The minimum absolute atomic E-state index is 0.363. The molecule has 0 saturated carbocycles. The summed E-state index contributed by atoms with van der Waals surface area (Å²) in [7, 11) is 4.25. The van der Waals surface area contributed by atoms with Crippen LogP contribution in [0.25, 0.3) is 0 Å². The molecule has 14 heavy (non-hydrogen) atoms. The molecule has 2 fully saturated rings. The molecule has 0 aromatic heterocycles. The normalized spacial score (nSPS) is 37.6. The maximum atomic E-state index is 11.5. The van der Waals surface area contributed by atoms with Gasteiger partial charge in [0.2, 0.25) is 0 Å². The van der Waals surface area contributed by atoms with Gasteiger partial charge in [-0.1, -0.05) is 0 Å². The fraction of sp³-hybridized carbons (Fsp3) is 0.909. The second-order valence-corrected chi connectivity index (χ2v) is 4.90. The number of ketones is 1. The van der Waals surface area contributed by atoms with Crippen LogP contribution in [0, 0.1) is 5.92 Å². The van der Waals surface area contributed by atoms with Crippen molar-refractivity contribution in [2.24, 2.45) is 5.92 Å². The van der Waals surface area contributed by atoms with Crippen molar-refractivity contribution in [1.82, 2.24) is 9.80 Å². The number of likely N-dealkylation sites (N-methyl/N-ethyl adjacent to an activating group) is 1. The number of piperidine rings is 2. The van der Waals surface area contributed by atoms with Crippen LogP contribution in [0.5, 0.6) is 0 Å². The van der Waals surface area contributed by atoms with Crippen LogP contribution < -0.4 is 0 Å². The van der Waals surface area contributed by atoms with E-state index in [9.17, 15) is 4.79 Å². The van der Waals surface area contributed by atoms with Gasteiger partial charge >= 0.3 is 0 Å². The molecule has 2 aliphatic rings. The molecule has 2 heterocycles. The Kier molecular flexibility index (Phi) is 2.88. The summed E-state index contributed by atoms with van der Waals surface area (Å²) in [5, 5.41) is 0. The second kappa shape index (κ2) is 3.99. The Morgan fingerprint density at radius 2 is 2.21 bits per heavy atom. The first-order valence-corrected chi connectivity index (χ1v) is 5.58. The molecule has 0 aromatic rings. The van der Waals surface area contributed by atoms with Crippen molar-refractivity contribution in [3.8, 4) is 0 Å². The van der Waals surface area contributed by atoms with Crippen molar-refractivity contribution < 1.29 is 4.79 Å². The summed E-state index contributed by atoms with van der Waals surface area (Å²) >= 11 is 0. The Morgan fingerprint density at radius 1 is 1.43 bits per heavy atom. The van der Waals surface area contributed by atoms with Crippen molar-refractivity contribution >= 4 is 5.78 Å². The fourth-order valence-corrected chi connectivity index (χ4v) is 2.72. The smallest absolute Gasteiger partial charge is 0.138 e. The van der Waals surface area contributed by atoms with Crippen LogP contribution >= 0.6 is 0 Å². The molecule has 0 N–H and O–H groups in total. The summed E-state index contributed by atoms with van der Waals surface area (Å²) in [6.45, 7) is 3.16. The minimum Gasteiger partial charge on any atom is -0.308 e.